The van der Waals surface area contributed by atoms with Gasteiger partial charge in [0.25, 0.3) is 0 Å². The molecular formula is C38H54ClFN8O. The van der Waals surface area contributed by atoms with E-state index in [4.69, 9.17) is 28.8 Å². The lowest BCUT2D eigenvalue weighted by Gasteiger charge is -2.32. The topological polar surface area (TPSA) is 153 Å². The highest BCUT2D eigenvalue weighted by Gasteiger charge is 2.26. The monoisotopic (exact) mass is 692 g/mol. The number of benzene rings is 2. The smallest absolute Gasteiger partial charge is 0.354 e. The molecule has 0 unspecified atom stereocenters. The molecular weight excluding hydrogens is 639 g/mol. The number of hydrogen-bond donors (Lipinski definition) is 5. The Bertz CT molecular complexity index is 1790. The van der Waals surface area contributed by atoms with Crippen LogP contribution in [0.4, 0.5) is 4.39 Å². The predicted molar refractivity (Wildman–Crippen MR) is 201 cm³/mol. The number of fused-ring (bicyclic) bond motifs is 1. The van der Waals surface area contributed by atoms with Crippen LogP contribution in [0.5, 0.6) is 0 Å². The minimum Gasteiger partial charge on any atom is -0.370 e. The van der Waals surface area contributed by atoms with Gasteiger partial charge >= 0.3 is 5.69 Å². The highest BCUT2D eigenvalue weighted by atomic mass is 35.5. The van der Waals surface area contributed by atoms with Gasteiger partial charge in [-0.15, -0.1) is 0 Å². The number of aliphatic imine (C=N–C) groups is 1. The molecule has 2 heterocycles. The number of aromatic nitrogens is 3. The molecule has 266 valence electrons. The Morgan fingerprint density at radius 1 is 1.10 bits per heavy atom. The van der Waals surface area contributed by atoms with Gasteiger partial charge in [0.05, 0.1) is 10.7 Å². The Balaban J connectivity index is 0.000000244. The number of H-pyrrole nitrogens is 1. The molecule has 0 radical (unpaired) electrons. The summed E-state index contributed by atoms with van der Waals surface area (Å²) < 4.78 is 15.6. The number of halogens is 2. The normalized spacial score (nSPS) is 16.9. The van der Waals surface area contributed by atoms with Crippen molar-refractivity contribution in [2.45, 2.75) is 103 Å². The molecule has 5 rings (SSSR count). The van der Waals surface area contributed by atoms with Gasteiger partial charge in [-0.3, -0.25) is 9.56 Å². The summed E-state index contributed by atoms with van der Waals surface area (Å²) >= 11 is 6.02. The number of guanidine groups is 1. The summed E-state index contributed by atoms with van der Waals surface area (Å²) in [5, 5.41) is 4.61. The number of rotatable bonds is 10. The first kappa shape index (κ1) is 38.1. The number of nitrogens with zero attached hydrogens (tertiary/aromatic N) is 3. The molecule has 11 heteroatoms. The summed E-state index contributed by atoms with van der Waals surface area (Å²) in [7, 11) is 0. The van der Waals surface area contributed by atoms with E-state index in [1.54, 1.807) is 10.6 Å². The Kier molecular flexibility index (Phi) is 12.3. The first-order valence-electron chi connectivity index (χ1n) is 17.2. The van der Waals surface area contributed by atoms with Crippen molar-refractivity contribution >= 4 is 28.6 Å². The molecule has 4 aromatic rings. The van der Waals surface area contributed by atoms with E-state index >= 15 is 0 Å². The van der Waals surface area contributed by atoms with E-state index in [-0.39, 0.29) is 39.4 Å². The minimum absolute atomic E-state index is 0.0390. The molecule has 2 aromatic carbocycles. The van der Waals surface area contributed by atoms with Crippen LogP contribution in [-0.4, -0.2) is 39.6 Å². The molecule has 9 nitrogen and oxygen atoms in total. The second-order valence-corrected chi connectivity index (χ2v) is 15.8. The van der Waals surface area contributed by atoms with Gasteiger partial charge in [-0.25, -0.2) is 9.18 Å². The minimum atomic E-state index is -0.302. The average Bonchev–Trinajstić information content (AvgIpc) is 3.43. The van der Waals surface area contributed by atoms with Crippen molar-refractivity contribution in [1.82, 2.24) is 19.9 Å². The number of aryl methyl sites for hydroxylation is 1. The van der Waals surface area contributed by atoms with Gasteiger partial charge in [0.2, 0.25) is 0 Å². The summed E-state index contributed by atoms with van der Waals surface area (Å²) in [6.45, 7) is 15.9. The maximum atomic E-state index is 14.1. The zero-order chi connectivity index (χ0) is 36.1. The van der Waals surface area contributed by atoms with E-state index in [1.165, 1.54) is 0 Å². The predicted octanol–water partition coefficient (Wildman–Crippen LogP) is 6.77. The SMILES string of the molecule is CC(C)(C)c1cc(CCC2CC(N)C2)cc(Cl)c1F.C[C@H](NCCCN=C(N)N)c1ccc(-n2cc3cc(C(C)(C)C)[nH]c3nc2=O)cc1. The standard InChI is InChI=1S/C22H31N7O.C16H23ClFN/c1-14(25-10-5-11-26-20(23)24)15-6-8-17(9-7-15)29-13-16-12-18(22(2,3)4)27-19(16)28-21(29)30;1-16(2,3)13-8-11(9-14(17)15(13)18)5-4-10-6-12(19)7-10/h6-9,12-14,25H,5,10-11H2,1-4H3,(H4,23,24,26)(H,27,28,30);8-10,12H,4-7,19H2,1-3H3/t14-;/m0./s1. The van der Waals surface area contributed by atoms with E-state index in [0.717, 1.165) is 72.5 Å². The fourth-order valence-corrected chi connectivity index (χ4v) is 6.20. The highest BCUT2D eigenvalue weighted by molar-refractivity contribution is 6.30. The van der Waals surface area contributed by atoms with Crippen LogP contribution in [0, 0.1) is 11.7 Å². The van der Waals surface area contributed by atoms with E-state index in [2.05, 4.69) is 54.0 Å². The van der Waals surface area contributed by atoms with E-state index in [9.17, 15) is 9.18 Å². The number of nitrogens with two attached hydrogens (primary N) is 3. The second kappa shape index (κ2) is 15.9. The molecule has 0 amide bonds. The summed E-state index contributed by atoms with van der Waals surface area (Å²) in [5.74, 6) is 0.580. The molecule has 1 saturated carbocycles. The maximum absolute atomic E-state index is 14.1. The Morgan fingerprint density at radius 3 is 2.37 bits per heavy atom. The van der Waals surface area contributed by atoms with E-state index < -0.39 is 0 Å². The van der Waals surface area contributed by atoms with Crippen molar-refractivity contribution < 1.29 is 4.39 Å². The largest absolute Gasteiger partial charge is 0.370 e. The van der Waals surface area contributed by atoms with Crippen LogP contribution in [0.2, 0.25) is 5.02 Å². The average molecular weight is 693 g/mol. The summed E-state index contributed by atoms with van der Waals surface area (Å²) in [6, 6.07) is 14.3. The Hall–Kier alpha value is -3.73. The number of aromatic amines is 1. The Morgan fingerprint density at radius 2 is 1.78 bits per heavy atom. The third-order valence-electron chi connectivity index (χ3n) is 9.08. The third kappa shape index (κ3) is 10.4. The van der Waals surface area contributed by atoms with Gasteiger partial charge in [0, 0.05) is 41.3 Å². The first-order chi connectivity index (χ1) is 22.9. The quantitative estimate of drug-likeness (QED) is 0.0702. The molecule has 1 aliphatic carbocycles. The maximum Gasteiger partial charge on any atom is 0.354 e. The number of nitrogens with one attached hydrogen (secondary N) is 2. The molecule has 2 aromatic heterocycles. The fourth-order valence-electron chi connectivity index (χ4n) is 5.96. The van der Waals surface area contributed by atoms with Crippen molar-refractivity contribution in [3.63, 3.8) is 0 Å². The number of hydrogen-bond acceptors (Lipinski definition) is 5. The fraction of sp³-hybridized carbons (Fsp3) is 0.500. The van der Waals surface area contributed by atoms with Crippen LogP contribution >= 0.6 is 11.6 Å². The molecule has 1 fully saturated rings. The van der Waals surface area contributed by atoms with Gasteiger partial charge < -0.3 is 27.5 Å². The lowest BCUT2D eigenvalue weighted by Crippen LogP contribution is -2.36. The molecule has 0 bridgehead atoms. The molecule has 49 heavy (non-hydrogen) atoms. The lowest BCUT2D eigenvalue weighted by molar-refractivity contribution is 0.250. The van der Waals surface area contributed by atoms with Crippen LogP contribution in [0.15, 0.2) is 58.4 Å². The second-order valence-electron chi connectivity index (χ2n) is 15.4. The molecule has 0 spiro atoms. The van der Waals surface area contributed by atoms with Crippen molar-refractivity contribution in [1.29, 1.82) is 0 Å². The van der Waals surface area contributed by atoms with Crippen molar-refractivity contribution in [3.8, 4) is 5.69 Å². The first-order valence-corrected chi connectivity index (χ1v) is 17.6. The molecule has 8 N–H and O–H groups in total. The molecule has 1 atom stereocenters. The van der Waals surface area contributed by atoms with Gasteiger partial charge in [-0.05, 0) is 97.9 Å². The Labute approximate surface area is 294 Å². The molecule has 0 saturated heterocycles. The summed E-state index contributed by atoms with van der Waals surface area (Å²) in [6.07, 6.45) is 7.03. The van der Waals surface area contributed by atoms with Crippen molar-refractivity contribution in [2.24, 2.45) is 28.1 Å². The molecule has 0 aliphatic heterocycles. The summed E-state index contributed by atoms with van der Waals surface area (Å²) in [5.41, 5.74) is 21.3. The van der Waals surface area contributed by atoms with Crippen LogP contribution < -0.4 is 28.2 Å². The van der Waals surface area contributed by atoms with Gasteiger partial charge in [-0.2, -0.15) is 4.98 Å². The summed E-state index contributed by atoms with van der Waals surface area (Å²) in [4.78, 5) is 24.0. The third-order valence-corrected chi connectivity index (χ3v) is 9.35. The zero-order valence-corrected chi connectivity index (χ0v) is 30.8. The van der Waals surface area contributed by atoms with Crippen LogP contribution in [0.25, 0.3) is 16.7 Å². The zero-order valence-electron chi connectivity index (χ0n) is 30.0. The highest BCUT2D eigenvalue weighted by Crippen LogP contribution is 2.34. The molecule has 1 aliphatic rings. The van der Waals surface area contributed by atoms with Gasteiger partial charge in [-0.1, -0.05) is 71.3 Å². The van der Waals surface area contributed by atoms with Crippen molar-refractivity contribution in [3.05, 3.63) is 92.4 Å². The van der Waals surface area contributed by atoms with Crippen molar-refractivity contribution in [2.75, 3.05) is 13.1 Å². The van der Waals surface area contributed by atoms with Crippen LogP contribution in [0.1, 0.15) is 103 Å². The van der Waals surface area contributed by atoms with Gasteiger partial charge in [0.1, 0.15) is 11.5 Å². The lowest BCUT2D eigenvalue weighted by atomic mass is 9.77. The van der Waals surface area contributed by atoms with Gasteiger partial charge in [0.15, 0.2) is 5.96 Å². The van der Waals surface area contributed by atoms with Crippen LogP contribution in [-0.2, 0) is 17.3 Å². The van der Waals surface area contributed by atoms with E-state index in [1.807, 2.05) is 57.3 Å². The van der Waals surface area contributed by atoms with Crippen LogP contribution in [0.3, 0.4) is 0 Å². The van der Waals surface area contributed by atoms with E-state index in [0.29, 0.717) is 23.8 Å².